The first-order chi connectivity index (χ1) is 6.94. The number of hydrogen-bond donors (Lipinski definition) is 3. The number of aliphatic carboxylic acids is 1. The highest BCUT2D eigenvalue weighted by Gasteiger charge is 2.47. The fourth-order valence-corrected chi connectivity index (χ4v) is 2.02. The van der Waals surface area contributed by atoms with Crippen molar-refractivity contribution in [3.8, 4) is 0 Å². The van der Waals surface area contributed by atoms with E-state index in [2.05, 4.69) is 0 Å². The molecular formula is C9H16N2O4. The Labute approximate surface area is 87.7 Å². The number of nitrogens with two attached hydrogens (primary N) is 1. The molecular weight excluding hydrogens is 200 g/mol. The molecule has 1 heterocycles. The zero-order valence-corrected chi connectivity index (χ0v) is 8.64. The van der Waals surface area contributed by atoms with E-state index in [1.807, 2.05) is 0 Å². The lowest BCUT2D eigenvalue weighted by Crippen LogP contribution is -2.59. The maximum atomic E-state index is 11.2. The number of rotatable bonds is 2. The Morgan fingerprint density at radius 1 is 1.53 bits per heavy atom. The van der Waals surface area contributed by atoms with Crippen LogP contribution in [0.5, 0.6) is 0 Å². The van der Waals surface area contributed by atoms with Crippen LogP contribution in [0.4, 0.5) is 4.79 Å². The summed E-state index contributed by atoms with van der Waals surface area (Å²) in [6, 6.07) is -0.476. The van der Waals surface area contributed by atoms with Crippen LogP contribution in [0.3, 0.4) is 0 Å². The molecule has 0 saturated carbocycles. The SMILES string of the molecule is CCC1(C(=O)O)CN(C(=O)O)CCC1N. The Kier molecular flexibility index (Phi) is 3.18. The third kappa shape index (κ3) is 1.90. The minimum atomic E-state index is -1.13. The summed E-state index contributed by atoms with van der Waals surface area (Å²) in [6.45, 7) is 2.01. The molecule has 0 spiro atoms. The molecule has 6 heteroatoms. The topological polar surface area (TPSA) is 104 Å². The van der Waals surface area contributed by atoms with Crippen molar-refractivity contribution in [1.29, 1.82) is 0 Å². The van der Waals surface area contributed by atoms with Crippen LogP contribution in [0.25, 0.3) is 0 Å². The molecule has 1 aliphatic rings. The van der Waals surface area contributed by atoms with Gasteiger partial charge in [-0.3, -0.25) is 4.79 Å². The second kappa shape index (κ2) is 4.06. The van der Waals surface area contributed by atoms with Gasteiger partial charge in [-0.15, -0.1) is 0 Å². The van der Waals surface area contributed by atoms with Gasteiger partial charge in [-0.1, -0.05) is 6.92 Å². The van der Waals surface area contributed by atoms with E-state index >= 15 is 0 Å². The second-order valence-electron chi connectivity index (χ2n) is 3.91. The molecule has 86 valence electrons. The molecule has 0 aromatic rings. The molecule has 1 amide bonds. The van der Waals surface area contributed by atoms with Crippen LogP contribution >= 0.6 is 0 Å². The van der Waals surface area contributed by atoms with Gasteiger partial charge in [0.25, 0.3) is 0 Å². The Hall–Kier alpha value is -1.30. The average Bonchev–Trinajstić information content (AvgIpc) is 2.18. The molecule has 0 radical (unpaired) electrons. The molecule has 0 aromatic heterocycles. The highest BCUT2D eigenvalue weighted by atomic mass is 16.4. The number of piperidine rings is 1. The van der Waals surface area contributed by atoms with Gasteiger partial charge in [0.1, 0.15) is 5.41 Å². The van der Waals surface area contributed by atoms with Gasteiger partial charge in [0, 0.05) is 19.1 Å². The summed E-state index contributed by atoms with van der Waals surface area (Å²) in [5.41, 5.74) is 4.66. The van der Waals surface area contributed by atoms with E-state index in [0.29, 0.717) is 19.4 Å². The van der Waals surface area contributed by atoms with Gasteiger partial charge in [0.15, 0.2) is 0 Å². The van der Waals surface area contributed by atoms with Crippen molar-refractivity contribution in [1.82, 2.24) is 4.90 Å². The molecule has 0 aliphatic carbocycles. The van der Waals surface area contributed by atoms with Crippen LogP contribution in [0.1, 0.15) is 19.8 Å². The van der Waals surface area contributed by atoms with Gasteiger partial charge in [0.05, 0.1) is 0 Å². The molecule has 2 unspecified atom stereocenters. The minimum Gasteiger partial charge on any atom is -0.481 e. The van der Waals surface area contributed by atoms with Crippen LogP contribution < -0.4 is 5.73 Å². The van der Waals surface area contributed by atoms with Gasteiger partial charge >= 0.3 is 12.1 Å². The largest absolute Gasteiger partial charge is 0.481 e. The van der Waals surface area contributed by atoms with Crippen molar-refractivity contribution in [3.63, 3.8) is 0 Å². The van der Waals surface area contributed by atoms with E-state index < -0.39 is 23.5 Å². The summed E-state index contributed by atoms with van der Waals surface area (Å²) in [6.07, 6.45) is -0.347. The van der Waals surface area contributed by atoms with Gasteiger partial charge in [0.2, 0.25) is 0 Å². The monoisotopic (exact) mass is 216 g/mol. The highest BCUT2D eigenvalue weighted by molar-refractivity contribution is 5.77. The Bertz CT molecular complexity index is 281. The second-order valence-corrected chi connectivity index (χ2v) is 3.91. The van der Waals surface area contributed by atoms with E-state index in [1.165, 1.54) is 0 Å². The van der Waals surface area contributed by atoms with E-state index in [0.717, 1.165) is 4.90 Å². The van der Waals surface area contributed by atoms with Gasteiger partial charge in [-0.25, -0.2) is 4.79 Å². The van der Waals surface area contributed by atoms with Crippen molar-refractivity contribution in [2.24, 2.45) is 11.1 Å². The molecule has 6 nitrogen and oxygen atoms in total. The highest BCUT2D eigenvalue weighted by Crippen LogP contribution is 2.32. The first-order valence-corrected chi connectivity index (χ1v) is 4.91. The Morgan fingerprint density at radius 2 is 2.13 bits per heavy atom. The summed E-state index contributed by atoms with van der Waals surface area (Å²) in [5.74, 6) is -1.01. The normalized spacial score (nSPS) is 31.3. The molecule has 1 rings (SSSR count). The average molecular weight is 216 g/mol. The number of carboxylic acid groups (broad SMARTS) is 2. The molecule has 4 N–H and O–H groups in total. The van der Waals surface area contributed by atoms with Crippen LogP contribution in [-0.2, 0) is 4.79 Å². The number of carboxylic acids is 1. The van der Waals surface area contributed by atoms with Crippen LogP contribution in [0, 0.1) is 5.41 Å². The lowest BCUT2D eigenvalue weighted by atomic mass is 9.74. The lowest BCUT2D eigenvalue weighted by Gasteiger charge is -2.42. The summed E-state index contributed by atoms with van der Waals surface area (Å²) in [4.78, 5) is 23.1. The number of likely N-dealkylation sites (tertiary alicyclic amines) is 1. The van der Waals surface area contributed by atoms with Gasteiger partial charge < -0.3 is 20.8 Å². The molecule has 2 atom stereocenters. The van der Waals surface area contributed by atoms with Crippen LogP contribution in [0.2, 0.25) is 0 Å². The van der Waals surface area contributed by atoms with Crippen molar-refractivity contribution in [2.75, 3.05) is 13.1 Å². The number of carbonyl (C=O) groups is 2. The Morgan fingerprint density at radius 3 is 2.53 bits per heavy atom. The third-order valence-electron chi connectivity index (χ3n) is 3.22. The lowest BCUT2D eigenvalue weighted by molar-refractivity contribution is -0.153. The summed E-state index contributed by atoms with van der Waals surface area (Å²) >= 11 is 0. The van der Waals surface area contributed by atoms with Crippen molar-refractivity contribution in [3.05, 3.63) is 0 Å². The van der Waals surface area contributed by atoms with E-state index in [4.69, 9.17) is 15.9 Å². The van der Waals surface area contributed by atoms with Crippen LogP contribution in [0.15, 0.2) is 0 Å². The maximum absolute atomic E-state index is 11.2. The predicted octanol–water partition coefficient (Wildman–Crippen LogP) is 0.178. The fraction of sp³-hybridized carbons (Fsp3) is 0.778. The fourth-order valence-electron chi connectivity index (χ4n) is 2.02. The molecule has 1 fully saturated rings. The molecule has 1 saturated heterocycles. The minimum absolute atomic E-state index is 0.0185. The third-order valence-corrected chi connectivity index (χ3v) is 3.22. The van der Waals surface area contributed by atoms with Crippen molar-refractivity contribution in [2.45, 2.75) is 25.8 Å². The van der Waals surface area contributed by atoms with Gasteiger partial charge in [-0.2, -0.15) is 0 Å². The smallest absolute Gasteiger partial charge is 0.407 e. The predicted molar refractivity (Wildman–Crippen MR) is 52.6 cm³/mol. The molecule has 0 bridgehead atoms. The zero-order chi connectivity index (χ0) is 11.6. The number of nitrogens with zero attached hydrogens (tertiary/aromatic N) is 1. The zero-order valence-electron chi connectivity index (χ0n) is 8.64. The molecule has 15 heavy (non-hydrogen) atoms. The molecule has 1 aliphatic heterocycles. The first kappa shape index (κ1) is 11.8. The molecule has 0 aromatic carbocycles. The van der Waals surface area contributed by atoms with Crippen molar-refractivity contribution < 1.29 is 19.8 Å². The summed E-state index contributed by atoms with van der Waals surface area (Å²) < 4.78 is 0. The number of amides is 1. The van der Waals surface area contributed by atoms with E-state index in [1.54, 1.807) is 6.92 Å². The number of hydrogen-bond acceptors (Lipinski definition) is 3. The van der Waals surface area contributed by atoms with E-state index in [-0.39, 0.29) is 6.54 Å². The van der Waals surface area contributed by atoms with Crippen LogP contribution in [-0.4, -0.2) is 46.3 Å². The maximum Gasteiger partial charge on any atom is 0.407 e. The summed E-state index contributed by atoms with van der Waals surface area (Å²) in [5, 5.41) is 18.0. The first-order valence-electron chi connectivity index (χ1n) is 4.91. The van der Waals surface area contributed by atoms with Crippen molar-refractivity contribution >= 4 is 12.1 Å². The standard InChI is InChI=1S/C9H16N2O4/c1-2-9(7(12)13)5-11(8(14)15)4-3-6(9)10/h6H,2-5,10H2,1H3,(H,12,13)(H,14,15). The Balaban J connectivity index is 2.92. The summed E-state index contributed by atoms with van der Waals surface area (Å²) in [7, 11) is 0. The van der Waals surface area contributed by atoms with Gasteiger partial charge in [-0.05, 0) is 12.8 Å². The quantitative estimate of drug-likeness (QED) is 0.610. The van der Waals surface area contributed by atoms with E-state index in [9.17, 15) is 9.59 Å².